The number of carbonyl (C=O) groups is 3. The molecule has 2 atom stereocenters. The minimum Gasteiger partial charge on any atom is -0.477 e. The molecule has 1 aliphatic rings. The number of rotatable bonds is 6. The van der Waals surface area contributed by atoms with Gasteiger partial charge in [-0.05, 0) is 13.3 Å². The number of aromatic nitrogens is 2. The number of aromatic amines is 1. The van der Waals surface area contributed by atoms with Crippen molar-refractivity contribution in [3.63, 3.8) is 0 Å². The molecular formula is C18H21Cl2N5O5S. The van der Waals surface area contributed by atoms with E-state index in [1.165, 1.54) is 20.4 Å². The van der Waals surface area contributed by atoms with Crippen LogP contribution in [0.1, 0.15) is 32.3 Å². The second kappa shape index (κ2) is 9.43. The van der Waals surface area contributed by atoms with E-state index in [0.717, 1.165) is 16.4 Å². The predicted octanol–water partition coefficient (Wildman–Crippen LogP) is 2.43. The van der Waals surface area contributed by atoms with Crippen LogP contribution in [0.4, 0.5) is 5.13 Å². The fourth-order valence-corrected chi connectivity index (χ4v) is 4.56. The summed E-state index contributed by atoms with van der Waals surface area (Å²) in [6.07, 6.45) is 1.71. The highest BCUT2D eigenvalue weighted by Crippen LogP contribution is 2.31. The van der Waals surface area contributed by atoms with Crippen LogP contribution in [0.15, 0.2) is 6.20 Å². The number of piperidine rings is 1. The molecule has 13 heteroatoms. The first-order chi connectivity index (χ1) is 14.6. The Morgan fingerprint density at radius 1 is 1.39 bits per heavy atom. The maximum atomic E-state index is 12.9. The number of aryl methyl sites for hydroxylation is 1. The number of hydrogen-bond acceptors (Lipinski definition) is 7. The van der Waals surface area contributed by atoms with Gasteiger partial charge in [-0.1, -0.05) is 34.5 Å². The number of H-pyrrole nitrogens is 1. The number of carboxylic acids is 1. The van der Waals surface area contributed by atoms with Gasteiger partial charge in [0.25, 0.3) is 11.8 Å². The Hall–Kier alpha value is -2.34. The molecule has 0 bridgehead atoms. The maximum Gasteiger partial charge on any atom is 0.347 e. The molecular weight excluding hydrogens is 469 g/mol. The van der Waals surface area contributed by atoms with Crippen LogP contribution < -0.4 is 10.2 Å². The first-order valence-corrected chi connectivity index (χ1v) is 10.8. The Labute approximate surface area is 192 Å². The number of carbonyl (C=O) groups excluding carboxylic acids is 2. The highest BCUT2D eigenvalue weighted by molar-refractivity contribution is 7.17. The molecule has 3 rings (SSSR count). The predicted molar refractivity (Wildman–Crippen MR) is 116 cm³/mol. The normalized spacial score (nSPS) is 18.7. The number of thiazole rings is 1. The Morgan fingerprint density at radius 3 is 2.65 bits per heavy atom. The number of hydroxylamine groups is 2. The summed E-state index contributed by atoms with van der Waals surface area (Å²) in [7, 11) is 2.85. The van der Waals surface area contributed by atoms with Gasteiger partial charge in [0.1, 0.15) is 10.6 Å². The average Bonchev–Trinajstić information content (AvgIpc) is 3.34. The van der Waals surface area contributed by atoms with Crippen molar-refractivity contribution in [1.82, 2.24) is 20.3 Å². The molecule has 1 aliphatic heterocycles. The second-order valence-corrected chi connectivity index (χ2v) is 8.77. The Kier molecular flexibility index (Phi) is 7.10. The van der Waals surface area contributed by atoms with Crippen molar-refractivity contribution in [2.75, 3.05) is 32.1 Å². The van der Waals surface area contributed by atoms with E-state index < -0.39 is 23.8 Å². The van der Waals surface area contributed by atoms with Crippen molar-refractivity contribution in [3.8, 4) is 0 Å². The lowest BCUT2D eigenvalue weighted by atomic mass is 9.91. The number of aromatic carboxylic acids is 1. The third-order valence-electron chi connectivity index (χ3n) is 5.09. The summed E-state index contributed by atoms with van der Waals surface area (Å²) >= 11 is 13.2. The lowest BCUT2D eigenvalue weighted by Crippen LogP contribution is -2.56. The summed E-state index contributed by atoms with van der Waals surface area (Å²) in [5, 5.41) is 14.0. The number of halogens is 2. The molecule has 1 saturated heterocycles. The van der Waals surface area contributed by atoms with Crippen LogP contribution in [-0.2, 0) is 9.63 Å². The number of nitrogens with one attached hydrogen (secondary N) is 2. The third kappa shape index (κ3) is 4.79. The third-order valence-corrected chi connectivity index (χ3v) is 7.08. The minimum absolute atomic E-state index is 0.107. The number of carboxylic acid groups (broad SMARTS) is 1. The van der Waals surface area contributed by atoms with Crippen LogP contribution in [-0.4, -0.2) is 71.2 Å². The van der Waals surface area contributed by atoms with Crippen molar-refractivity contribution in [3.05, 3.63) is 32.5 Å². The SMILES string of the molecule is CON(C)C(=O)[C@H]1CN(c2ncc(C(=O)O)s2)CC[C@H]1NC(=O)c1[nH]c(C)c(Cl)c1Cl. The standard InChI is InChI=1S/C18H21Cl2N5O5S/c1-8-12(19)13(20)14(22-8)15(26)23-10-4-5-25(7-9(10)16(27)24(2)30-3)18-21-6-11(31-18)17(28)29/h6,9-10,22H,4-5,7H2,1-3H3,(H,23,26)(H,28,29)/t9-,10+/m0/s1. The molecule has 2 amide bonds. The van der Waals surface area contributed by atoms with Gasteiger partial charge in [0.2, 0.25) is 0 Å². The van der Waals surface area contributed by atoms with Crippen LogP contribution in [0.25, 0.3) is 0 Å². The Morgan fingerprint density at radius 2 is 2.10 bits per heavy atom. The second-order valence-electron chi connectivity index (χ2n) is 7.00. The van der Waals surface area contributed by atoms with E-state index in [1.807, 2.05) is 4.90 Å². The molecule has 168 valence electrons. The van der Waals surface area contributed by atoms with E-state index in [0.29, 0.717) is 23.8 Å². The lowest BCUT2D eigenvalue weighted by Gasteiger charge is -2.38. The molecule has 0 unspecified atom stereocenters. The topological polar surface area (TPSA) is 128 Å². The highest BCUT2D eigenvalue weighted by Gasteiger charge is 2.38. The van der Waals surface area contributed by atoms with E-state index in [4.69, 9.17) is 33.1 Å². The monoisotopic (exact) mass is 489 g/mol. The molecule has 3 heterocycles. The first-order valence-electron chi connectivity index (χ1n) is 9.24. The lowest BCUT2D eigenvalue weighted by molar-refractivity contribution is -0.174. The van der Waals surface area contributed by atoms with Crippen molar-refractivity contribution in [2.24, 2.45) is 5.92 Å². The molecule has 1 fully saturated rings. The molecule has 2 aromatic rings. The van der Waals surface area contributed by atoms with E-state index in [-0.39, 0.29) is 33.1 Å². The molecule has 0 radical (unpaired) electrons. The first kappa shape index (κ1) is 23.3. The number of anilines is 1. The van der Waals surface area contributed by atoms with Crippen LogP contribution >= 0.6 is 34.5 Å². The molecule has 10 nitrogen and oxygen atoms in total. The summed E-state index contributed by atoms with van der Waals surface area (Å²) in [6, 6.07) is -0.508. The molecule has 31 heavy (non-hydrogen) atoms. The van der Waals surface area contributed by atoms with Gasteiger partial charge in [-0.3, -0.25) is 14.4 Å². The van der Waals surface area contributed by atoms with Gasteiger partial charge in [0, 0.05) is 31.9 Å². The van der Waals surface area contributed by atoms with E-state index in [9.17, 15) is 14.4 Å². The quantitative estimate of drug-likeness (QED) is 0.531. The summed E-state index contributed by atoms with van der Waals surface area (Å²) < 4.78 is 0. The molecule has 3 N–H and O–H groups in total. The van der Waals surface area contributed by atoms with Gasteiger partial charge in [0.15, 0.2) is 5.13 Å². The number of nitrogens with zero attached hydrogens (tertiary/aromatic N) is 3. The van der Waals surface area contributed by atoms with E-state index in [2.05, 4.69) is 15.3 Å². The zero-order valence-electron chi connectivity index (χ0n) is 16.9. The van der Waals surface area contributed by atoms with E-state index in [1.54, 1.807) is 6.92 Å². The van der Waals surface area contributed by atoms with Gasteiger partial charge in [0.05, 0.1) is 29.3 Å². The van der Waals surface area contributed by atoms with Crippen LogP contribution in [0.3, 0.4) is 0 Å². The maximum absolute atomic E-state index is 12.9. The Balaban J connectivity index is 1.82. The fraction of sp³-hybridized carbons (Fsp3) is 0.444. The molecule has 0 aromatic carbocycles. The zero-order chi connectivity index (χ0) is 22.9. The molecule has 2 aromatic heterocycles. The zero-order valence-corrected chi connectivity index (χ0v) is 19.3. The van der Waals surface area contributed by atoms with Gasteiger partial charge < -0.3 is 20.3 Å². The number of hydrogen-bond donors (Lipinski definition) is 3. The summed E-state index contributed by atoms with van der Waals surface area (Å²) in [6.45, 7) is 2.39. The van der Waals surface area contributed by atoms with Gasteiger partial charge in [-0.2, -0.15) is 0 Å². The van der Waals surface area contributed by atoms with Gasteiger partial charge in [-0.25, -0.2) is 14.8 Å². The smallest absolute Gasteiger partial charge is 0.347 e. The molecule has 0 spiro atoms. The molecule has 0 saturated carbocycles. The summed E-state index contributed by atoms with van der Waals surface area (Å²) in [5.74, 6) is -2.53. The van der Waals surface area contributed by atoms with Crippen LogP contribution in [0.5, 0.6) is 0 Å². The van der Waals surface area contributed by atoms with Gasteiger partial charge in [-0.15, -0.1) is 0 Å². The van der Waals surface area contributed by atoms with Crippen molar-refractivity contribution < 1.29 is 24.3 Å². The van der Waals surface area contributed by atoms with Crippen molar-refractivity contribution in [1.29, 1.82) is 0 Å². The van der Waals surface area contributed by atoms with Crippen LogP contribution in [0, 0.1) is 12.8 Å². The average molecular weight is 490 g/mol. The van der Waals surface area contributed by atoms with E-state index >= 15 is 0 Å². The largest absolute Gasteiger partial charge is 0.477 e. The van der Waals surface area contributed by atoms with Crippen molar-refractivity contribution >= 4 is 57.5 Å². The summed E-state index contributed by atoms with van der Waals surface area (Å²) in [4.78, 5) is 50.9. The van der Waals surface area contributed by atoms with Crippen LogP contribution in [0.2, 0.25) is 10.0 Å². The molecule has 0 aliphatic carbocycles. The number of amides is 2. The van der Waals surface area contributed by atoms with Crippen molar-refractivity contribution in [2.45, 2.75) is 19.4 Å². The summed E-state index contributed by atoms with van der Waals surface area (Å²) in [5.41, 5.74) is 0.695. The van der Waals surface area contributed by atoms with Gasteiger partial charge >= 0.3 is 5.97 Å². The highest BCUT2D eigenvalue weighted by atomic mass is 35.5. The fourth-order valence-electron chi connectivity index (χ4n) is 3.35. The minimum atomic E-state index is -1.06. The Bertz CT molecular complexity index is 1010.